The Kier molecular flexibility index (Phi) is 3.25. The van der Waals surface area contributed by atoms with Crippen LogP contribution in [0.15, 0.2) is 0 Å². The number of rotatable bonds is 6. The van der Waals surface area contributed by atoms with E-state index < -0.39 is 0 Å². The molecule has 0 aromatic heterocycles. The van der Waals surface area contributed by atoms with Crippen LogP contribution in [0.1, 0.15) is 57.8 Å². The molecular formula is C15H25NO. The van der Waals surface area contributed by atoms with Crippen LogP contribution in [-0.2, 0) is 4.79 Å². The number of hydrogen-bond donors (Lipinski definition) is 0. The van der Waals surface area contributed by atoms with E-state index in [-0.39, 0.29) is 5.41 Å². The molecule has 0 N–H and O–H groups in total. The minimum atomic E-state index is 0.0235. The first-order valence-electron chi connectivity index (χ1n) is 7.52. The Labute approximate surface area is 105 Å². The second-order valence-corrected chi connectivity index (χ2v) is 6.64. The van der Waals surface area contributed by atoms with Crippen LogP contribution < -0.4 is 0 Å². The molecule has 0 aromatic carbocycles. The smallest absolute Gasteiger partial charge is 0.127 e. The lowest BCUT2D eigenvalue weighted by molar-refractivity contribution is -0.119. The zero-order chi connectivity index (χ0) is 11.7. The molecule has 0 atom stereocenters. The molecule has 0 unspecified atom stereocenters. The molecule has 2 heteroatoms. The van der Waals surface area contributed by atoms with Crippen molar-refractivity contribution in [3.8, 4) is 0 Å². The fourth-order valence-corrected chi connectivity index (χ4v) is 3.39. The summed E-state index contributed by atoms with van der Waals surface area (Å²) in [6, 6.07) is 0.828. The number of carbonyl (C=O) groups is 1. The van der Waals surface area contributed by atoms with Gasteiger partial charge in [-0.1, -0.05) is 19.3 Å². The van der Waals surface area contributed by atoms with Crippen LogP contribution in [0.25, 0.3) is 0 Å². The van der Waals surface area contributed by atoms with E-state index in [1.165, 1.54) is 57.8 Å². The summed E-state index contributed by atoms with van der Waals surface area (Å²) >= 11 is 0. The molecule has 3 saturated carbocycles. The van der Waals surface area contributed by atoms with Crippen molar-refractivity contribution in [2.45, 2.75) is 63.8 Å². The highest BCUT2D eigenvalue weighted by atomic mass is 16.1. The monoisotopic (exact) mass is 235 g/mol. The van der Waals surface area contributed by atoms with Gasteiger partial charge < -0.3 is 4.79 Å². The van der Waals surface area contributed by atoms with Crippen LogP contribution >= 0.6 is 0 Å². The molecule has 0 amide bonds. The Hall–Kier alpha value is -0.370. The summed E-state index contributed by atoms with van der Waals surface area (Å²) in [6.07, 6.45) is 13.1. The average molecular weight is 235 g/mol. The summed E-state index contributed by atoms with van der Waals surface area (Å²) < 4.78 is 0. The third kappa shape index (κ3) is 2.90. The first-order valence-corrected chi connectivity index (χ1v) is 7.52. The van der Waals surface area contributed by atoms with Crippen molar-refractivity contribution in [3.63, 3.8) is 0 Å². The van der Waals surface area contributed by atoms with Crippen molar-refractivity contribution in [2.24, 2.45) is 11.3 Å². The van der Waals surface area contributed by atoms with Gasteiger partial charge in [-0.05, 0) is 44.4 Å². The highest BCUT2D eigenvalue weighted by Crippen LogP contribution is 2.40. The van der Waals surface area contributed by atoms with E-state index in [9.17, 15) is 4.79 Å². The molecule has 0 bridgehead atoms. The first kappa shape index (κ1) is 11.7. The van der Waals surface area contributed by atoms with E-state index in [2.05, 4.69) is 4.90 Å². The van der Waals surface area contributed by atoms with E-state index >= 15 is 0 Å². The zero-order valence-corrected chi connectivity index (χ0v) is 10.9. The van der Waals surface area contributed by atoms with Gasteiger partial charge in [0.15, 0.2) is 0 Å². The Morgan fingerprint density at radius 1 is 1.06 bits per heavy atom. The molecule has 17 heavy (non-hydrogen) atoms. The van der Waals surface area contributed by atoms with Crippen LogP contribution in [0.2, 0.25) is 0 Å². The van der Waals surface area contributed by atoms with Crippen LogP contribution in [0.3, 0.4) is 0 Å². The van der Waals surface area contributed by atoms with Gasteiger partial charge in [-0.3, -0.25) is 4.90 Å². The molecule has 0 aromatic rings. The molecule has 2 nitrogen and oxygen atoms in total. The van der Waals surface area contributed by atoms with E-state index in [0.717, 1.165) is 31.3 Å². The Bertz CT molecular complexity index is 275. The molecule has 0 heterocycles. The normalized spacial score (nSPS) is 28.3. The molecule has 0 saturated heterocycles. The molecule has 96 valence electrons. The second kappa shape index (κ2) is 4.72. The van der Waals surface area contributed by atoms with Crippen LogP contribution in [-0.4, -0.2) is 30.3 Å². The van der Waals surface area contributed by atoms with Crippen molar-refractivity contribution < 1.29 is 4.79 Å². The molecule has 3 aliphatic rings. The van der Waals surface area contributed by atoms with Crippen molar-refractivity contribution in [3.05, 3.63) is 0 Å². The molecule has 0 aliphatic heterocycles. The van der Waals surface area contributed by atoms with Gasteiger partial charge in [0.2, 0.25) is 0 Å². The van der Waals surface area contributed by atoms with Crippen LogP contribution in [0, 0.1) is 11.3 Å². The highest BCUT2D eigenvalue weighted by Gasteiger charge is 2.40. The quantitative estimate of drug-likeness (QED) is 0.660. The maximum Gasteiger partial charge on any atom is 0.127 e. The van der Waals surface area contributed by atoms with Gasteiger partial charge in [0.05, 0.1) is 0 Å². The Morgan fingerprint density at radius 2 is 1.76 bits per heavy atom. The molecule has 3 aliphatic carbocycles. The molecule has 3 fully saturated rings. The SMILES string of the molecule is O=CC1(CN(CC2CC2)C2CC2)CCCCC1. The fourth-order valence-electron chi connectivity index (χ4n) is 3.39. The first-order chi connectivity index (χ1) is 8.31. The van der Waals surface area contributed by atoms with Gasteiger partial charge in [0, 0.05) is 24.5 Å². The van der Waals surface area contributed by atoms with Gasteiger partial charge in [-0.25, -0.2) is 0 Å². The van der Waals surface area contributed by atoms with Crippen molar-refractivity contribution >= 4 is 6.29 Å². The van der Waals surface area contributed by atoms with Crippen LogP contribution in [0.5, 0.6) is 0 Å². The van der Waals surface area contributed by atoms with E-state index in [1.807, 2.05) is 0 Å². The summed E-state index contributed by atoms with van der Waals surface area (Å²) in [6.45, 7) is 2.35. The predicted molar refractivity (Wildman–Crippen MR) is 68.9 cm³/mol. The third-order valence-electron chi connectivity index (χ3n) is 4.87. The topological polar surface area (TPSA) is 20.3 Å². The number of hydrogen-bond acceptors (Lipinski definition) is 2. The Balaban J connectivity index is 1.61. The van der Waals surface area contributed by atoms with Crippen molar-refractivity contribution in [1.82, 2.24) is 4.90 Å². The van der Waals surface area contributed by atoms with E-state index in [0.29, 0.717) is 0 Å². The summed E-state index contributed by atoms with van der Waals surface area (Å²) in [5.41, 5.74) is 0.0235. The maximum absolute atomic E-state index is 11.5. The lowest BCUT2D eigenvalue weighted by atomic mass is 9.75. The van der Waals surface area contributed by atoms with Gasteiger partial charge in [0.1, 0.15) is 6.29 Å². The van der Waals surface area contributed by atoms with Gasteiger partial charge >= 0.3 is 0 Å². The molecule has 0 radical (unpaired) electrons. The summed E-state index contributed by atoms with van der Waals surface area (Å²) in [7, 11) is 0. The van der Waals surface area contributed by atoms with Crippen molar-refractivity contribution in [2.75, 3.05) is 13.1 Å². The fraction of sp³-hybridized carbons (Fsp3) is 0.933. The average Bonchev–Trinajstić information content (AvgIpc) is 3.22. The minimum Gasteiger partial charge on any atom is -0.303 e. The largest absolute Gasteiger partial charge is 0.303 e. The lowest BCUT2D eigenvalue weighted by Gasteiger charge is -2.37. The van der Waals surface area contributed by atoms with E-state index in [4.69, 9.17) is 0 Å². The molecular weight excluding hydrogens is 210 g/mol. The van der Waals surface area contributed by atoms with Gasteiger partial charge in [-0.15, -0.1) is 0 Å². The van der Waals surface area contributed by atoms with Gasteiger partial charge in [0.25, 0.3) is 0 Å². The number of carbonyl (C=O) groups excluding carboxylic acids is 1. The summed E-state index contributed by atoms with van der Waals surface area (Å²) in [5, 5.41) is 0. The standard InChI is InChI=1S/C15H25NO/c17-12-15(8-2-1-3-9-15)11-16(14-6-7-14)10-13-4-5-13/h12-14H,1-11H2. The number of aldehydes is 1. The number of nitrogens with zero attached hydrogens (tertiary/aromatic N) is 1. The summed E-state index contributed by atoms with van der Waals surface area (Å²) in [4.78, 5) is 14.2. The molecule has 0 spiro atoms. The highest BCUT2D eigenvalue weighted by molar-refractivity contribution is 5.60. The van der Waals surface area contributed by atoms with Crippen molar-refractivity contribution in [1.29, 1.82) is 0 Å². The lowest BCUT2D eigenvalue weighted by Crippen LogP contribution is -2.42. The zero-order valence-electron chi connectivity index (χ0n) is 10.9. The Morgan fingerprint density at radius 3 is 2.29 bits per heavy atom. The third-order valence-corrected chi connectivity index (χ3v) is 4.87. The molecule has 3 rings (SSSR count). The maximum atomic E-state index is 11.5. The second-order valence-electron chi connectivity index (χ2n) is 6.64. The summed E-state index contributed by atoms with van der Waals surface area (Å²) in [5.74, 6) is 0.961. The van der Waals surface area contributed by atoms with Crippen LogP contribution in [0.4, 0.5) is 0 Å². The predicted octanol–water partition coefficient (Wildman–Crippen LogP) is 3.01. The van der Waals surface area contributed by atoms with Gasteiger partial charge in [-0.2, -0.15) is 0 Å². The minimum absolute atomic E-state index is 0.0235. The van der Waals surface area contributed by atoms with E-state index in [1.54, 1.807) is 0 Å².